The number of hydrazone groups is 1. The fourth-order valence-corrected chi connectivity index (χ4v) is 0.508. The molecule has 0 amide bonds. The summed E-state index contributed by atoms with van der Waals surface area (Å²) in [5, 5.41) is 12.0. The number of hydrogen-bond donors (Lipinski definition) is 2. The van der Waals surface area contributed by atoms with Gasteiger partial charge in [-0.1, -0.05) is 6.08 Å². The largest absolute Gasteiger partial charge is 0.477 e. The number of nitrogens with zero attached hydrogens (tertiary/aromatic N) is 1. The maximum absolute atomic E-state index is 10.3. The van der Waals surface area contributed by atoms with Crippen LogP contribution in [-0.2, 0) is 4.79 Å². The Kier molecular flexibility index (Phi) is 1.84. The Morgan fingerprint density at radius 3 is 3.10 bits per heavy atom. The van der Waals surface area contributed by atoms with E-state index in [0.717, 1.165) is 0 Å². The summed E-state index contributed by atoms with van der Waals surface area (Å²) in [4.78, 5) is 10.3. The summed E-state index contributed by atoms with van der Waals surface area (Å²) in [5.74, 6) is -1.01. The number of carboxylic acid groups (broad SMARTS) is 1. The first-order chi connectivity index (χ1) is 4.80. The van der Waals surface area contributed by atoms with E-state index >= 15 is 0 Å². The van der Waals surface area contributed by atoms with E-state index in [4.69, 9.17) is 5.11 Å². The van der Waals surface area contributed by atoms with Gasteiger partial charge in [-0.15, -0.1) is 0 Å². The molecule has 4 nitrogen and oxygen atoms in total. The van der Waals surface area contributed by atoms with E-state index in [1.165, 1.54) is 12.3 Å². The minimum Gasteiger partial charge on any atom is -0.477 e. The van der Waals surface area contributed by atoms with Crippen molar-refractivity contribution >= 4 is 12.2 Å². The lowest BCUT2D eigenvalue weighted by atomic mass is 10.4. The van der Waals surface area contributed by atoms with Gasteiger partial charge in [0.1, 0.15) is 5.70 Å². The Morgan fingerprint density at radius 2 is 2.40 bits per heavy atom. The van der Waals surface area contributed by atoms with E-state index in [9.17, 15) is 4.79 Å². The SMILES string of the molecule is O=C(O)C1=CC=CC=NN1. The fourth-order valence-electron chi connectivity index (χ4n) is 0.508. The van der Waals surface area contributed by atoms with Crippen molar-refractivity contribution < 1.29 is 9.90 Å². The summed E-state index contributed by atoms with van der Waals surface area (Å²) in [6.45, 7) is 0. The van der Waals surface area contributed by atoms with Crippen LogP contribution in [-0.4, -0.2) is 17.3 Å². The molecule has 0 bridgehead atoms. The zero-order valence-electron chi connectivity index (χ0n) is 5.11. The van der Waals surface area contributed by atoms with Crippen LogP contribution < -0.4 is 5.43 Å². The molecule has 1 heterocycles. The summed E-state index contributed by atoms with van der Waals surface area (Å²) in [6, 6.07) is 0. The molecule has 1 rings (SSSR count). The molecule has 0 atom stereocenters. The molecule has 0 aromatic rings. The molecule has 10 heavy (non-hydrogen) atoms. The Hall–Kier alpha value is -1.58. The number of allylic oxidation sites excluding steroid dienone is 3. The first kappa shape index (κ1) is 6.54. The van der Waals surface area contributed by atoms with Crippen molar-refractivity contribution in [3.8, 4) is 0 Å². The number of hydrogen-bond acceptors (Lipinski definition) is 3. The fraction of sp³-hybridized carbons (Fsp3) is 0. The van der Waals surface area contributed by atoms with Crippen LogP contribution in [0, 0.1) is 0 Å². The van der Waals surface area contributed by atoms with Crippen LogP contribution >= 0.6 is 0 Å². The van der Waals surface area contributed by atoms with Crippen molar-refractivity contribution in [2.45, 2.75) is 0 Å². The van der Waals surface area contributed by atoms with Gasteiger partial charge >= 0.3 is 5.97 Å². The molecule has 0 radical (unpaired) electrons. The summed E-state index contributed by atoms with van der Waals surface area (Å²) in [6.07, 6.45) is 6.16. The molecule has 0 aromatic carbocycles. The third-order valence-electron chi connectivity index (χ3n) is 0.950. The second kappa shape index (κ2) is 2.82. The lowest BCUT2D eigenvalue weighted by molar-refractivity contribution is -0.133. The predicted molar refractivity (Wildman–Crippen MR) is 36.5 cm³/mol. The molecule has 0 aromatic heterocycles. The zero-order chi connectivity index (χ0) is 7.40. The molecule has 0 spiro atoms. The van der Waals surface area contributed by atoms with Gasteiger partial charge in [0.2, 0.25) is 0 Å². The Labute approximate surface area is 57.6 Å². The van der Waals surface area contributed by atoms with Crippen molar-refractivity contribution in [3.63, 3.8) is 0 Å². The Morgan fingerprint density at radius 1 is 1.60 bits per heavy atom. The Balaban J connectivity index is 2.78. The summed E-state index contributed by atoms with van der Waals surface area (Å²) < 4.78 is 0. The van der Waals surface area contributed by atoms with Crippen LogP contribution in [0.25, 0.3) is 0 Å². The zero-order valence-corrected chi connectivity index (χ0v) is 5.11. The Bertz CT molecular complexity index is 228. The van der Waals surface area contributed by atoms with E-state index in [-0.39, 0.29) is 5.70 Å². The highest BCUT2D eigenvalue weighted by molar-refractivity contribution is 5.87. The van der Waals surface area contributed by atoms with Gasteiger partial charge in [0.05, 0.1) is 0 Å². The van der Waals surface area contributed by atoms with Gasteiger partial charge in [-0.3, -0.25) is 5.43 Å². The van der Waals surface area contributed by atoms with Crippen LogP contribution in [0.4, 0.5) is 0 Å². The van der Waals surface area contributed by atoms with Crippen molar-refractivity contribution in [2.24, 2.45) is 5.10 Å². The highest BCUT2D eigenvalue weighted by atomic mass is 16.4. The topological polar surface area (TPSA) is 61.7 Å². The van der Waals surface area contributed by atoms with Crippen molar-refractivity contribution in [1.29, 1.82) is 0 Å². The molecule has 2 N–H and O–H groups in total. The highest BCUT2D eigenvalue weighted by Crippen LogP contribution is 1.92. The number of rotatable bonds is 1. The van der Waals surface area contributed by atoms with Gasteiger partial charge in [-0.25, -0.2) is 4.79 Å². The number of nitrogens with one attached hydrogen (secondary N) is 1. The normalized spacial score (nSPS) is 15.4. The maximum atomic E-state index is 10.3. The van der Waals surface area contributed by atoms with Crippen LogP contribution in [0.5, 0.6) is 0 Å². The predicted octanol–water partition coefficient (Wildman–Crippen LogP) is 0.100. The first-order valence-electron chi connectivity index (χ1n) is 2.70. The first-order valence-corrected chi connectivity index (χ1v) is 2.70. The molecule has 0 unspecified atom stereocenters. The molecule has 1 aliphatic rings. The number of aliphatic carboxylic acids is 1. The molecule has 0 saturated carbocycles. The average Bonchev–Trinajstić information content (AvgIpc) is 2.12. The van der Waals surface area contributed by atoms with Crippen LogP contribution in [0.3, 0.4) is 0 Å². The maximum Gasteiger partial charge on any atom is 0.353 e. The number of carboxylic acids is 1. The summed E-state index contributed by atoms with van der Waals surface area (Å²) in [7, 11) is 0. The highest BCUT2D eigenvalue weighted by Gasteiger charge is 2.03. The van der Waals surface area contributed by atoms with Gasteiger partial charge in [0.25, 0.3) is 0 Å². The molecular weight excluding hydrogens is 132 g/mol. The van der Waals surface area contributed by atoms with Crippen LogP contribution in [0.1, 0.15) is 0 Å². The van der Waals surface area contributed by atoms with Gasteiger partial charge in [-0.2, -0.15) is 5.10 Å². The average molecular weight is 138 g/mol. The third-order valence-corrected chi connectivity index (χ3v) is 0.950. The standard InChI is InChI=1S/C6H6N2O2/c9-6(10)5-3-1-2-4-7-8-5/h1-4,8H,(H,9,10). The third kappa shape index (κ3) is 1.45. The minimum absolute atomic E-state index is 0.0741. The molecule has 52 valence electrons. The van der Waals surface area contributed by atoms with Crippen LogP contribution in [0.15, 0.2) is 29.0 Å². The van der Waals surface area contributed by atoms with Crippen molar-refractivity contribution in [1.82, 2.24) is 5.43 Å². The molecule has 0 aliphatic carbocycles. The van der Waals surface area contributed by atoms with E-state index in [0.29, 0.717) is 0 Å². The lowest BCUT2D eigenvalue weighted by Gasteiger charge is -1.95. The smallest absolute Gasteiger partial charge is 0.353 e. The monoisotopic (exact) mass is 138 g/mol. The van der Waals surface area contributed by atoms with Gasteiger partial charge < -0.3 is 5.11 Å². The lowest BCUT2D eigenvalue weighted by Crippen LogP contribution is -2.13. The second-order valence-corrected chi connectivity index (χ2v) is 1.66. The molecule has 1 aliphatic heterocycles. The number of carbonyl (C=O) groups is 1. The second-order valence-electron chi connectivity index (χ2n) is 1.66. The van der Waals surface area contributed by atoms with E-state index in [2.05, 4.69) is 10.5 Å². The molecule has 0 fully saturated rings. The van der Waals surface area contributed by atoms with Crippen molar-refractivity contribution in [3.05, 3.63) is 23.9 Å². The van der Waals surface area contributed by atoms with Crippen molar-refractivity contribution in [2.75, 3.05) is 0 Å². The quantitative estimate of drug-likeness (QED) is 0.540. The minimum atomic E-state index is -1.01. The van der Waals surface area contributed by atoms with Crippen LogP contribution in [0.2, 0.25) is 0 Å². The van der Waals surface area contributed by atoms with E-state index in [1.807, 2.05) is 0 Å². The van der Waals surface area contributed by atoms with Gasteiger partial charge in [0.15, 0.2) is 0 Å². The summed E-state index contributed by atoms with van der Waals surface area (Å²) in [5.41, 5.74) is 2.42. The van der Waals surface area contributed by atoms with E-state index in [1.54, 1.807) is 12.2 Å². The molecular formula is C6H6N2O2. The molecule has 0 saturated heterocycles. The van der Waals surface area contributed by atoms with Gasteiger partial charge in [-0.05, 0) is 12.2 Å². The van der Waals surface area contributed by atoms with E-state index < -0.39 is 5.97 Å². The molecule has 4 heteroatoms. The summed E-state index contributed by atoms with van der Waals surface area (Å²) >= 11 is 0. The van der Waals surface area contributed by atoms with Gasteiger partial charge in [0, 0.05) is 6.21 Å².